The summed E-state index contributed by atoms with van der Waals surface area (Å²) in [6, 6.07) is 7.27. The summed E-state index contributed by atoms with van der Waals surface area (Å²) in [7, 11) is 1.83. The van der Waals surface area contributed by atoms with Gasteiger partial charge in [0.25, 0.3) is 0 Å². The zero-order valence-corrected chi connectivity index (χ0v) is 13.1. The summed E-state index contributed by atoms with van der Waals surface area (Å²) in [6.07, 6.45) is 2.99. The van der Waals surface area contributed by atoms with Crippen LogP contribution in [-0.2, 0) is 4.79 Å². The van der Waals surface area contributed by atoms with E-state index in [-0.39, 0.29) is 5.92 Å². The van der Waals surface area contributed by atoms with E-state index in [1.54, 1.807) is 18.2 Å². The molecule has 2 N–H and O–H groups in total. The average molecular weight is 302 g/mol. The molecule has 118 valence electrons. The number of amidine groups is 1. The first kappa shape index (κ1) is 16.2. The number of aliphatic imine (C=N–C) groups is 1. The number of rotatable bonds is 4. The Morgan fingerprint density at radius 2 is 1.95 bits per heavy atom. The lowest BCUT2D eigenvalue weighted by molar-refractivity contribution is -0.138. The van der Waals surface area contributed by atoms with Crippen LogP contribution in [0.25, 0.3) is 0 Å². The predicted octanol–water partition coefficient (Wildman–Crippen LogP) is 2.61. The van der Waals surface area contributed by atoms with Crippen molar-refractivity contribution in [2.75, 3.05) is 13.6 Å². The molecule has 0 spiro atoms. The van der Waals surface area contributed by atoms with Crippen molar-refractivity contribution in [3.05, 3.63) is 42.0 Å². The minimum atomic E-state index is -0.909. The van der Waals surface area contributed by atoms with Crippen molar-refractivity contribution in [2.45, 2.75) is 20.0 Å². The molecule has 5 nitrogen and oxygen atoms in total. The van der Waals surface area contributed by atoms with E-state index in [9.17, 15) is 15.0 Å². The highest BCUT2D eigenvalue weighted by Gasteiger charge is 2.26. The Balaban J connectivity index is 2.27. The Hall–Kier alpha value is -2.14. The van der Waals surface area contributed by atoms with Gasteiger partial charge in [0, 0.05) is 13.6 Å². The standard InChI is InChI=1S/C17H22N2O3/c1-11(2)15(20)12-6-8-13(9-7-12)18-16-14(17(21)22)5-4-10-19(16)3/h4-9,11,14-15,20H,10H2,1-3H3,(H,21,22). The van der Waals surface area contributed by atoms with Crippen LogP contribution >= 0.6 is 0 Å². The third kappa shape index (κ3) is 3.54. The van der Waals surface area contributed by atoms with E-state index in [4.69, 9.17) is 0 Å². The number of aliphatic hydroxyl groups is 1. The molecule has 0 saturated heterocycles. The highest BCUT2D eigenvalue weighted by Crippen LogP contribution is 2.25. The molecule has 22 heavy (non-hydrogen) atoms. The fourth-order valence-corrected chi connectivity index (χ4v) is 2.38. The molecule has 5 heteroatoms. The second-order valence-electron chi connectivity index (χ2n) is 5.87. The van der Waals surface area contributed by atoms with Crippen LogP contribution < -0.4 is 0 Å². The quantitative estimate of drug-likeness (QED) is 0.839. The molecule has 0 bridgehead atoms. The lowest BCUT2D eigenvalue weighted by atomic mass is 9.99. The first-order valence-electron chi connectivity index (χ1n) is 7.37. The third-order valence-corrected chi connectivity index (χ3v) is 3.75. The first-order valence-corrected chi connectivity index (χ1v) is 7.37. The number of hydrogen-bond donors (Lipinski definition) is 2. The van der Waals surface area contributed by atoms with Crippen LogP contribution in [0.4, 0.5) is 5.69 Å². The number of carbonyl (C=O) groups is 1. The molecule has 0 fully saturated rings. The van der Waals surface area contributed by atoms with Crippen molar-refractivity contribution in [1.29, 1.82) is 0 Å². The molecule has 2 rings (SSSR count). The maximum Gasteiger partial charge on any atom is 0.318 e. The second-order valence-corrected chi connectivity index (χ2v) is 5.87. The summed E-state index contributed by atoms with van der Waals surface area (Å²) >= 11 is 0. The van der Waals surface area contributed by atoms with E-state index in [2.05, 4.69) is 4.99 Å². The van der Waals surface area contributed by atoms with Gasteiger partial charge in [-0.15, -0.1) is 0 Å². The number of aliphatic carboxylic acids is 1. The Labute approximate surface area is 130 Å². The number of carboxylic acid groups (broad SMARTS) is 1. The normalized spacial score (nSPS) is 21.4. The number of hydrogen-bond acceptors (Lipinski definition) is 3. The number of nitrogens with zero attached hydrogens (tertiary/aromatic N) is 2. The van der Waals surface area contributed by atoms with Crippen LogP contribution in [0.3, 0.4) is 0 Å². The number of benzene rings is 1. The van der Waals surface area contributed by atoms with Crippen LogP contribution in [0.1, 0.15) is 25.5 Å². The van der Waals surface area contributed by atoms with Crippen LogP contribution in [0.15, 0.2) is 41.4 Å². The SMILES string of the molecule is CC(C)C(O)c1ccc(N=C2C(C(=O)O)C=CCN2C)cc1. The second kappa shape index (κ2) is 6.75. The summed E-state index contributed by atoms with van der Waals surface area (Å²) in [6.45, 7) is 4.56. The molecular formula is C17H22N2O3. The van der Waals surface area contributed by atoms with E-state index in [0.29, 0.717) is 18.1 Å². The fraction of sp³-hybridized carbons (Fsp3) is 0.412. The van der Waals surface area contributed by atoms with E-state index < -0.39 is 18.0 Å². The molecule has 1 heterocycles. The van der Waals surface area contributed by atoms with Gasteiger partial charge in [0.05, 0.1) is 11.8 Å². The average Bonchev–Trinajstić information content (AvgIpc) is 2.49. The highest BCUT2D eigenvalue weighted by atomic mass is 16.4. The summed E-state index contributed by atoms with van der Waals surface area (Å²) in [4.78, 5) is 17.6. The van der Waals surface area contributed by atoms with Crippen molar-refractivity contribution < 1.29 is 15.0 Å². The van der Waals surface area contributed by atoms with Crippen LogP contribution in [0, 0.1) is 11.8 Å². The largest absolute Gasteiger partial charge is 0.480 e. The van der Waals surface area contributed by atoms with Gasteiger partial charge < -0.3 is 15.1 Å². The summed E-state index contributed by atoms with van der Waals surface area (Å²) in [5, 5.41) is 19.3. The molecule has 2 unspecified atom stereocenters. The number of aliphatic hydroxyl groups excluding tert-OH is 1. The molecular weight excluding hydrogens is 280 g/mol. The lowest BCUT2D eigenvalue weighted by Gasteiger charge is -2.26. The van der Waals surface area contributed by atoms with Crippen molar-refractivity contribution in [3.63, 3.8) is 0 Å². The predicted molar refractivity (Wildman–Crippen MR) is 86.2 cm³/mol. The molecule has 0 saturated carbocycles. The fourth-order valence-electron chi connectivity index (χ4n) is 2.38. The molecule has 0 radical (unpaired) electrons. The van der Waals surface area contributed by atoms with Crippen molar-refractivity contribution >= 4 is 17.5 Å². The van der Waals surface area contributed by atoms with Gasteiger partial charge in [0.1, 0.15) is 11.8 Å². The Morgan fingerprint density at radius 3 is 2.50 bits per heavy atom. The van der Waals surface area contributed by atoms with Gasteiger partial charge in [-0.05, 0) is 23.6 Å². The lowest BCUT2D eigenvalue weighted by Crippen LogP contribution is -2.39. The van der Waals surface area contributed by atoms with Crippen LogP contribution in [-0.4, -0.2) is 40.5 Å². The van der Waals surface area contributed by atoms with Gasteiger partial charge in [0.2, 0.25) is 0 Å². The molecule has 2 atom stereocenters. The Morgan fingerprint density at radius 1 is 1.32 bits per heavy atom. The minimum absolute atomic E-state index is 0.142. The molecule has 1 aliphatic heterocycles. The van der Waals surface area contributed by atoms with Gasteiger partial charge >= 0.3 is 5.97 Å². The van der Waals surface area contributed by atoms with Crippen molar-refractivity contribution in [3.8, 4) is 0 Å². The van der Waals surface area contributed by atoms with E-state index in [1.165, 1.54) is 0 Å². The van der Waals surface area contributed by atoms with Gasteiger partial charge in [-0.1, -0.05) is 38.1 Å². The molecule has 1 aliphatic rings. The van der Waals surface area contributed by atoms with Crippen LogP contribution in [0.5, 0.6) is 0 Å². The summed E-state index contributed by atoms with van der Waals surface area (Å²) in [5.41, 5.74) is 1.52. The maximum atomic E-state index is 11.3. The topological polar surface area (TPSA) is 73.1 Å². The van der Waals surface area contributed by atoms with Gasteiger partial charge in [-0.2, -0.15) is 0 Å². The van der Waals surface area contributed by atoms with Gasteiger partial charge in [-0.3, -0.25) is 4.79 Å². The number of carboxylic acids is 1. The zero-order chi connectivity index (χ0) is 16.3. The van der Waals surface area contributed by atoms with Crippen molar-refractivity contribution in [1.82, 2.24) is 4.90 Å². The summed E-state index contributed by atoms with van der Waals surface area (Å²) < 4.78 is 0. The van der Waals surface area contributed by atoms with E-state index in [1.807, 2.05) is 44.0 Å². The van der Waals surface area contributed by atoms with Gasteiger partial charge in [0.15, 0.2) is 0 Å². The molecule has 0 amide bonds. The molecule has 1 aromatic rings. The zero-order valence-electron chi connectivity index (χ0n) is 13.1. The van der Waals surface area contributed by atoms with Gasteiger partial charge in [-0.25, -0.2) is 4.99 Å². The third-order valence-electron chi connectivity index (χ3n) is 3.75. The number of likely N-dealkylation sites (N-methyl/N-ethyl adjacent to an activating group) is 1. The monoisotopic (exact) mass is 302 g/mol. The van der Waals surface area contributed by atoms with E-state index in [0.717, 1.165) is 5.56 Å². The highest BCUT2D eigenvalue weighted by molar-refractivity contribution is 6.03. The van der Waals surface area contributed by atoms with Crippen LogP contribution in [0.2, 0.25) is 0 Å². The van der Waals surface area contributed by atoms with Crippen molar-refractivity contribution in [2.24, 2.45) is 16.8 Å². The first-order chi connectivity index (χ1) is 10.4. The van der Waals surface area contributed by atoms with E-state index >= 15 is 0 Å². The minimum Gasteiger partial charge on any atom is -0.480 e. The smallest absolute Gasteiger partial charge is 0.318 e. The maximum absolute atomic E-state index is 11.3. The Bertz CT molecular complexity index is 590. The molecule has 1 aromatic carbocycles. The Kier molecular flexibility index (Phi) is 4.98. The molecule has 0 aromatic heterocycles. The summed E-state index contributed by atoms with van der Waals surface area (Å²) in [5.74, 6) is -0.969. The molecule has 0 aliphatic carbocycles.